The monoisotopic (exact) mass is 160 g/mol. The Morgan fingerprint density at radius 3 is 3.27 bits per heavy atom. The van der Waals surface area contributed by atoms with Crippen molar-refractivity contribution in [1.29, 1.82) is 0 Å². The maximum atomic E-state index is 10.2. The molecule has 0 amide bonds. The van der Waals surface area contributed by atoms with Crippen molar-refractivity contribution in [3.05, 3.63) is 4.91 Å². The van der Waals surface area contributed by atoms with Gasteiger partial charge in [0.15, 0.2) is 0 Å². The van der Waals surface area contributed by atoms with Gasteiger partial charge in [-0.05, 0) is 0 Å². The highest BCUT2D eigenvalue weighted by atomic mass is 16.5. The van der Waals surface area contributed by atoms with Gasteiger partial charge in [0.25, 0.3) is 0 Å². The summed E-state index contributed by atoms with van der Waals surface area (Å²) in [4.78, 5) is 10.2. The lowest BCUT2D eigenvalue weighted by atomic mass is 10.3. The van der Waals surface area contributed by atoms with Crippen LogP contribution in [0.4, 0.5) is 0 Å². The van der Waals surface area contributed by atoms with Crippen LogP contribution in [0.15, 0.2) is 5.29 Å². The van der Waals surface area contributed by atoms with Gasteiger partial charge in [-0.15, -0.1) is 4.91 Å². The molecular weight excluding hydrogens is 148 g/mol. The largest absolute Gasteiger partial charge is 0.382 e. The fourth-order valence-electron chi connectivity index (χ4n) is 1.08. The minimum Gasteiger partial charge on any atom is -0.382 e. The van der Waals surface area contributed by atoms with Crippen molar-refractivity contribution in [3.63, 3.8) is 0 Å². The van der Waals surface area contributed by atoms with Crippen molar-refractivity contribution >= 4 is 0 Å². The van der Waals surface area contributed by atoms with E-state index in [1.54, 1.807) is 7.11 Å². The van der Waals surface area contributed by atoms with E-state index >= 15 is 0 Å². The van der Waals surface area contributed by atoms with Crippen LogP contribution in [-0.4, -0.2) is 44.5 Å². The van der Waals surface area contributed by atoms with Gasteiger partial charge in [0.2, 0.25) is 0 Å². The molecule has 64 valence electrons. The summed E-state index contributed by atoms with van der Waals surface area (Å²) in [7, 11) is 1.59. The number of morpholine rings is 1. The average molecular weight is 160 g/mol. The van der Waals surface area contributed by atoms with Crippen molar-refractivity contribution in [2.24, 2.45) is 5.29 Å². The maximum Gasteiger partial charge on any atom is 0.0969 e. The Kier molecular flexibility index (Phi) is 3.25. The summed E-state index contributed by atoms with van der Waals surface area (Å²) in [5.74, 6) is 0. The molecule has 0 aliphatic carbocycles. The minimum absolute atomic E-state index is 0.00810. The molecule has 0 aromatic rings. The number of nitrogens with zero attached hydrogens (tertiary/aromatic N) is 2. The average Bonchev–Trinajstić information content (AvgIpc) is 2.06. The molecule has 0 radical (unpaired) electrons. The van der Waals surface area contributed by atoms with Gasteiger partial charge in [-0.2, -0.15) is 0 Å². The van der Waals surface area contributed by atoms with Crippen molar-refractivity contribution in [1.82, 2.24) is 5.01 Å². The van der Waals surface area contributed by atoms with Crippen LogP contribution >= 0.6 is 0 Å². The molecule has 5 nitrogen and oxygen atoms in total. The molecule has 1 heterocycles. The topological polar surface area (TPSA) is 51.1 Å². The zero-order chi connectivity index (χ0) is 8.10. The summed E-state index contributed by atoms with van der Waals surface area (Å²) < 4.78 is 10.0. The highest BCUT2D eigenvalue weighted by molar-refractivity contribution is 4.71. The smallest absolute Gasteiger partial charge is 0.0969 e. The Labute approximate surface area is 65.2 Å². The van der Waals surface area contributed by atoms with Gasteiger partial charge in [0.05, 0.1) is 37.7 Å². The zero-order valence-electron chi connectivity index (χ0n) is 6.52. The van der Waals surface area contributed by atoms with Crippen LogP contribution in [0.1, 0.15) is 0 Å². The second kappa shape index (κ2) is 4.25. The minimum atomic E-state index is -0.00810. The molecule has 0 N–H and O–H groups in total. The van der Waals surface area contributed by atoms with E-state index in [2.05, 4.69) is 5.29 Å². The molecule has 1 fully saturated rings. The van der Waals surface area contributed by atoms with E-state index in [0.29, 0.717) is 26.4 Å². The van der Waals surface area contributed by atoms with Gasteiger partial charge >= 0.3 is 0 Å². The summed E-state index contributed by atoms with van der Waals surface area (Å²) in [6.45, 7) is 2.16. The third kappa shape index (κ3) is 2.13. The number of methoxy groups -OCH3 is 1. The summed E-state index contributed by atoms with van der Waals surface area (Å²) >= 11 is 0. The number of hydrogen-bond donors (Lipinski definition) is 0. The maximum absolute atomic E-state index is 10.2. The molecular formula is C6H12N2O3. The van der Waals surface area contributed by atoms with Gasteiger partial charge in [-0.3, -0.25) is 5.01 Å². The SMILES string of the molecule is COC[C@H]1COCCN1N=O. The van der Waals surface area contributed by atoms with E-state index in [9.17, 15) is 4.91 Å². The second-order valence-corrected chi connectivity index (χ2v) is 2.43. The molecule has 1 saturated heterocycles. The number of rotatable bonds is 3. The first kappa shape index (κ1) is 8.42. The normalized spacial score (nSPS) is 25.2. The van der Waals surface area contributed by atoms with Crippen LogP contribution in [0.5, 0.6) is 0 Å². The lowest BCUT2D eigenvalue weighted by Crippen LogP contribution is -2.44. The standard InChI is InChI=1S/C6H12N2O3/c1-10-4-6-5-11-3-2-8(6)7-9/h6H,2-5H2,1H3/t6-/m0/s1. The second-order valence-electron chi connectivity index (χ2n) is 2.43. The highest BCUT2D eigenvalue weighted by Gasteiger charge is 2.22. The van der Waals surface area contributed by atoms with Crippen LogP contribution in [0, 0.1) is 4.91 Å². The lowest BCUT2D eigenvalue weighted by Gasteiger charge is -2.29. The molecule has 0 bridgehead atoms. The van der Waals surface area contributed by atoms with Crippen molar-refractivity contribution in [2.45, 2.75) is 6.04 Å². The van der Waals surface area contributed by atoms with Gasteiger partial charge in [0.1, 0.15) is 0 Å². The van der Waals surface area contributed by atoms with E-state index < -0.39 is 0 Å². The molecule has 11 heavy (non-hydrogen) atoms. The number of ether oxygens (including phenoxy) is 2. The Balaban J connectivity index is 2.37. The van der Waals surface area contributed by atoms with Gasteiger partial charge in [0, 0.05) is 7.11 Å². The molecule has 0 aromatic heterocycles. The van der Waals surface area contributed by atoms with Crippen LogP contribution in [0.25, 0.3) is 0 Å². The summed E-state index contributed by atoms with van der Waals surface area (Å²) in [6.07, 6.45) is 0. The molecule has 0 aromatic carbocycles. The van der Waals surface area contributed by atoms with Crippen LogP contribution < -0.4 is 0 Å². The Bertz CT molecular complexity index is 129. The zero-order valence-corrected chi connectivity index (χ0v) is 6.52. The van der Waals surface area contributed by atoms with E-state index in [0.717, 1.165) is 0 Å². The fraction of sp³-hybridized carbons (Fsp3) is 1.00. The molecule has 1 atom stereocenters. The molecule has 5 heteroatoms. The molecule has 1 aliphatic heterocycles. The first-order valence-corrected chi connectivity index (χ1v) is 3.55. The number of nitroso groups, excluding NO2 is 1. The van der Waals surface area contributed by atoms with E-state index in [-0.39, 0.29) is 6.04 Å². The van der Waals surface area contributed by atoms with E-state index in [1.807, 2.05) is 0 Å². The summed E-state index contributed by atoms with van der Waals surface area (Å²) in [5.41, 5.74) is 0. The van der Waals surface area contributed by atoms with Gasteiger partial charge in [-0.25, -0.2) is 0 Å². The quantitative estimate of drug-likeness (QED) is 0.546. The Morgan fingerprint density at radius 2 is 2.64 bits per heavy atom. The molecule has 0 spiro atoms. The van der Waals surface area contributed by atoms with Crippen LogP contribution in [-0.2, 0) is 9.47 Å². The van der Waals surface area contributed by atoms with E-state index in [1.165, 1.54) is 5.01 Å². The first-order chi connectivity index (χ1) is 5.38. The third-order valence-corrected chi connectivity index (χ3v) is 1.66. The lowest BCUT2D eigenvalue weighted by molar-refractivity contribution is -0.0349. The van der Waals surface area contributed by atoms with Crippen LogP contribution in [0.3, 0.4) is 0 Å². The third-order valence-electron chi connectivity index (χ3n) is 1.66. The first-order valence-electron chi connectivity index (χ1n) is 3.55. The van der Waals surface area contributed by atoms with Crippen molar-refractivity contribution in [3.8, 4) is 0 Å². The molecule has 1 aliphatic rings. The van der Waals surface area contributed by atoms with Gasteiger partial charge in [-0.1, -0.05) is 0 Å². The summed E-state index contributed by atoms with van der Waals surface area (Å²) in [6, 6.07) is -0.00810. The number of hydrogen-bond acceptors (Lipinski definition) is 4. The predicted molar refractivity (Wildman–Crippen MR) is 39.0 cm³/mol. The van der Waals surface area contributed by atoms with E-state index in [4.69, 9.17) is 9.47 Å². The molecule has 0 unspecified atom stereocenters. The fourth-order valence-corrected chi connectivity index (χ4v) is 1.08. The molecule has 1 rings (SSSR count). The van der Waals surface area contributed by atoms with Crippen LogP contribution in [0.2, 0.25) is 0 Å². The summed E-state index contributed by atoms with van der Waals surface area (Å²) in [5, 5.41) is 4.34. The molecule has 0 saturated carbocycles. The highest BCUT2D eigenvalue weighted by Crippen LogP contribution is 2.06. The Morgan fingerprint density at radius 1 is 1.82 bits per heavy atom. The van der Waals surface area contributed by atoms with Gasteiger partial charge < -0.3 is 9.47 Å². The predicted octanol–water partition coefficient (Wildman–Crippen LogP) is 0.0150. The van der Waals surface area contributed by atoms with Crippen molar-refractivity contribution in [2.75, 3.05) is 33.5 Å². The Hall–Kier alpha value is -0.680. The van der Waals surface area contributed by atoms with Crippen molar-refractivity contribution < 1.29 is 9.47 Å².